The number of rotatable bonds is 8. The zero-order valence-corrected chi connectivity index (χ0v) is 27.9. The fourth-order valence-corrected chi connectivity index (χ4v) is 7.21. The Morgan fingerprint density at radius 1 is 1.04 bits per heavy atom. The molecule has 2 N–H and O–H groups in total. The highest BCUT2D eigenvalue weighted by Gasteiger charge is 2.35. The van der Waals surface area contributed by atoms with Gasteiger partial charge in [0.2, 0.25) is 0 Å². The first kappa shape index (κ1) is 32.7. The number of hydrogen-bond donors (Lipinski definition) is 1. The summed E-state index contributed by atoms with van der Waals surface area (Å²) in [4.78, 5) is 29.2. The number of ether oxygens (including phenoxy) is 2. The maximum absolute atomic E-state index is 15.7. The monoisotopic (exact) mass is 664 g/mol. The summed E-state index contributed by atoms with van der Waals surface area (Å²) in [5, 5.41) is 10.7. The fourth-order valence-electron chi connectivity index (χ4n) is 7.21. The van der Waals surface area contributed by atoms with Gasteiger partial charge in [-0.25, -0.2) is 14.4 Å². The highest BCUT2D eigenvalue weighted by atomic mass is 19.1. The zero-order valence-electron chi connectivity index (χ0n) is 27.9. The second-order valence-corrected chi connectivity index (χ2v) is 13.5. The Hall–Kier alpha value is -4.83. The third-order valence-electron chi connectivity index (χ3n) is 10.0. The van der Waals surface area contributed by atoms with E-state index < -0.39 is 11.4 Å². The number of fused-ring (bicyclic) bond motifs is 1. The number of amides is 1. The van der Waals surface area contributed by atoms with Crippen LogP contribution in [0.4, 0.5) is 10.2 Å². The summed E-state index contributed by atoms with van der Waals surface area (Å²) in [7, 11) is 0. The summed E-state index contributed by atoms with van der Waals surface area (Å²) in [5.41, 5.74) is 7.51. The van der Waals surface area contributed by atoms with Crippen molar-refractivity contribution in [2.75, 3.05) is 58.2 Å². The number of anilines is 1. The largest absolute Gasteiger partial charge is 0.457 e. The van der Waals surface area contributed by atoms with E-state index in [4.69, 9.17) is 15.2 Å². The van der Waals surface area contributed by atoms with E-state index >= 15 is 4.39 Å². The van der Waals surface area contributed by atoms with Crippen LogP contribution < -0.4 is 10.5 Å². The number of halogens is 1. The SMILES string of the molecule is CC(C)(/C=C(/C#N)C(=O)N1CCC[C@@H](n2cc(-c3ccc(Oc4ccccc4)cc3F)c3c(N)ncnc32)C1)N1CCN(C2COC2)CC1. The highest BCUT2D eigenvalue weighted by molar-refractivity contribution is 6.01. The third kappa shape index (κ3) is 6.62. The standard InChI is InChI=1S/C37H41FN8O3/c1-37(2,45-15-13-43(14-16-45)27-22-48-23-27)18-25(19-39)36(47)44-12-6-7-26(20-44)46-21-31(33-34(40)41-24-42-35(33)46)30-11-10-29(17-32(30)38)49-28-8-4-3-5-9-28/h3-5,8-11,17-18,21,24,26-27H,6-7,12-16,20,22-23H2,1-2H3,(H2,40,41,42)/b25-18-/t26-/m1/s1. The number of hydrogen-bond acceptors (Lipinski definition) is 9. The van der Waals surface area contributed by atoms with Crippen LogP contribution >= 0.6 is 0 Å². The second-order valence-electron chi connectivity index (χ2n) is 13.5. The van der Waals surface area contributed by atoms with Crippen molar-refractivity contribution in [2.45, 2.75) is 44.3 Å². The highest BCUT2D eigenvalue weighted by Crippen LogP contribution is 2.38. The molecule has 7 rings (SSSR count). The molecule has 3 aliphatic heterocycles. The molecule has 1 amide bonds. The number of aromatic nitrogens is 3. The minimum atomic E-state index is -0.471. The van der Waals surface area contributed by atoms with E-state index in [-0.39, 0.29) is 23.3 Å². The molecule has 0 aliphatic carbocycles. The first-order chi connectivity index (χ1) is 23.7. The van der Waals surface area contributed by atoms with E-state index in [0.717, 1.165) is 52.2 Å². The molecular formula is C37H41FN8O3. The van der Waals surface area contributed by atoms with Crippen LogP contribution in [0.2, 0.25) is 0 Å². The number of likely N-dealkylation sites (tertiary alicyclic amines) is 1. The number of nitrogens with zero attached hydrogens (tertiary/aromatic N) is 7. The quantitative estimate of drug-likeness (QED) is 0.204. The molecule has 49 heavy (non-hydrogen) atoms. The fraction of sp³-hybridized carbons (Fsp3) is 0.405. The van der Waals surface area contributed by atoms with Crippen LogP contribution in [0.25, 0.3) is 22.2 Å². The molecule has 2 aromatic carbocycles. The van der Waals surface area contributed by atoms with Gasteiger partial charge in [0.25, 0.3) is 5.91 Å². The normalized spacial score (nSPS) is 19.8. The van der Waals surface area contributed by atoms with Crippen molar-refractivity contribution in [1.82, 2.24) is 29.2 Å². The summed E-state index contributed by atoms with van der Waals surface area (Å²) in [6.07, 6.45) is 6.59. The molecule has 0 spiro atoms. The van der Waals surface area contributed by atoms with Crippen LogP contribution in [-0.2, 0) is 9.53 Å². The Morgan fingerprint density at radius 3 is 2.51 bits per heavy atom. The average Bonchev–Trinajstić information content (AvgIpc) is 3.48. The molecule has 3 saturated heterocycles. The van der Waals surface area contributed by atoms with Gasteiger partial charge < -0.3 is 24.7 Å². The van der Waals surface area contributed by atoms with Gasteiger partial charge in [0.05, 0.1) is 30.7 Å². The molecule has 3 fully saturated rings. The number of para-hydroxylation sites is 1. The second kappa shape index (κ2) is 13.6. The van der Waals surface area contributed by atoms with Crippen LogP contribution in [0.5, 0.6) is 11.5 Å². The number of carbonyl (C=O) groups excluding carboxylic acids is 1. The van der Waals surface area contributed by atoms with Gasteiger partial charge in [0.1, 0.15) is 46.8 Å². The lowest BCUT2D eigenvalue weighted by molar-refractivity contribution is -0.128. The number of piperazine rings is 1. The maximum Gasteiger partial charge on any atom is 0.264 e. The van der Waals surface area contributed by atoms with Gasteiger partial charge in [0.15, 0.2) is 0 Å². The van der Waals surface area contributed by atoms with Crippen LogP contribution in [-0.4, -0.2) is 99.2 Å². The van der Waals surface area contributed by atoms with E-state index in [1.165, 1.54) is 12.4 Å². The lowest BCUT2D eigenvalue weighted by atomic mass is 9.96. The van der Waals surface area contributed by atoms with E-state index in [9.17, 15) is 10.1 Å². The Kier molecular flexibility index (Phi) is 9.07. The van der Waals surface area contributed by atoms with Crippen molar-refractivity contribution in [2.24, 2.45) is 0 Å². The van der Waals surface area contributed by atoms with Gasteiger partial charge in [-0.3, -0.25) is 14.6 Å². The first-order valence-corrected chi connectivity index (χ1v) is 16.8. The van der Waals surface area contributed by atoms with Gasteiger partial charge in [-0.2, -0.15) is 5.26 Å². The molecule has 1 atom stereocenters. The van der Waals surface area contributed by atoms with Crippen LogP contribution in [0.15, 0.2) is 72.7 Å². The van der Waals surface area contributed by atoms with Crippen molar-refractivity contribution < 1.29 is 18.7 Å². The van der Waals surface area contributed by atoms with Gasteiger partial charge in [-0.1, -0.05) is 18.2 Å². The number of nitriles is 1. The third-order valence-corrected chi connectivity index (χ3v) is 10.0. The predicted molar refractivity (Wildman–Crippen MR) is 184 cm³/mol. The van der Waals surface area contributed by atoms with E-state index in [0.29, 0.717) is 52.8 Å². The zero-order chi connectivity index (χ0) is 34.1. The smallest absolute Gasteiger partial charge is 0.264 e. The number of piperidine rings is 1. The molecule has 254 valence electrons. The molecular weight excluding hydrogens is 623 g/mol. The van der Waals surface area contributed by atoms with E-state index in [1.807, 2.05) is 35.0 Å². The van der Waals surface area contributed by atoms with Crippen molar-refractivity contribution >= 4 is 22.8 Å². The first-order valence-electron chi connectivity index (χ1n) is 16.8. The molecule has 0 radical (unpaired) electrons. The Balaban J connectivity index is 1.11. The van der Waals surface area contributed by atoms with Crippen LogP contribution in [0.1, 0.15) is 32.7 Å². The molecule has 11 nitrogen and oxygen atoms in total. The average molecular weight is 665 g/mol. The summed E-state index contributed by atoms with van der Waals surface area (Å²) >= 11 is 0. The maximum atomic E-state index is 15.7. The van der Waals surface area contributed by atoms with Crippen LogP contribution in [0, 0.1) is 17.1 Å². The molecule has 0 bridgehead atoms. The van der Waals surface area contributed by atoms with Gasteiger partial charge in [-0.05, 0) is 57.0 Å². The molecule has 4 aromatic rings. The number of carbonyl (C=O) groups is 1. The topological polar surface area (TPSA) is 126 Å². The minimum absolute atomic E-state index is 0.143. The molecule has 12 heteroatoms. The summed E-state index contributed by atoms with van der Waals surface area (Å²) < 4.78 is 28.9. The van der Waals surface area contributed by atoms with Gasteiger partial charge in [0, 0.05) is 68.2 Å². The number of benzene rings is 2. The predicted octanol–water partition coefficient (Wildman–Crippen LogP) is 5.02. The Labute approximate surface area is 285 Å². The summed E-state index contributed by atoms with van der Waals surface area (Å²) in [5.74, 6) is 0.469. The molecule has 0 saturated carbocycles. The van der Waals surface area contributed by atoms with Crippen molar-refractivity contribution in [3.63, 3.8) is 0 Å². The molecule has 5 heterocycles. The molecule has 0 unspecified atom stereocenters. The van der Waals surface area contributed by atoms with Crippen molar-refractivity contribution in [3.8, 4) is 28.7 Å². The molecule has 2 aromatic heterocycles. The Morgan fingerprint density at radius 2 is 1.82 bits per heavy atom. The van der Waals surface area contributed by atoms with E-state index in [1.54, 1.807) is 29.2 Å². The lowest BCUT2D eigenvalue weighted by Gasteiger charge is -2.46. The summed E-state index contributed by atoms with van der Waals surface area (Å²) in [6, 6.07) is 16.5. The minimum Gasteiger partial charge on any atom is -0.457 e. The van der Waals surface area contributed by atoms with Gasteiger partial charge in [-0.15, -0.1) is 0 Å². The van der Waals surface area contributed by atoms with Gasteiger partial charge >= 0.3 is 0 Å². The van der Waals surface area contributed by atoms with E-state index in [2.05, 4.69) is 39.7 Å². The summed E-state index contributed by atoms with van der Waals surface area (Å²) in [6.45, 7) is 10.2. The number of nitrogen functional groups attached to an aromatic ring is 1. The Bertz CT molecular complexity index is 1910. The van der Waals surface area contributed by atoms with Crippen molar-refractivity contribution in [3.05, 3.63) is 78.5 Å². The lowest BCUT2D eigenvalue weighted by Crippen LogP contribution is -2.59. The van der Waals surface area contributed by atoms with Crippen LogP contribution in [0.3, 0.4) is 0 Å². The van der Waals surface area contributed by atoms with Crippen molar-refractivity contribution in [1.29, 1.82) is 5.26 Å². The molecule has 3 aliphatic rings. The number of nitrogens with two attached hydrogens (primary N) is 1.